The lowest BCUT2D eigenvalue weighted by atomic mass is 9.95. The minimum Gasteiger partial charge on any atom is -0.508 e. The Hall–Kier alpha value is -2.84. The van der Waals surface area contributed by atoms with Gasteiger partial charge in [-0.15, -0.1) is 0 Å². The van der Waals surface area contributed by atoms with Crippen molar-refractivity contribution in [2.24, 2.45) is 5.10 Å². The standard InChI is InChI=1S/C20H21N3O4S/c24-14-3-1-13(2-4-14)18-12-17(16-6-5-15(25)11-19(16)27-18)21-22-20(28)23-7-9-26-10-8-23/h1-6,11,18,24-25H,7-10,12H2,(H,22,28)/b21-17+. The SMILES string of the molecule is Oc1ccc(C2C/C(=N\NC(=S)N3CCOCC3)c3ccc(O)cc3O2)cc1. The van der Waals surface area contributed by atoms with Crippen molar-refractivity contribution in [2.75, 3.05) is 26.3 Å². The van der Waals surface area contributed by atoms with Crippen molar-refractivity contribution in [2.45, 2.75) is 12.5 Å². The van der Waals surface area contributed by atoms with Crippen molar-refractivity contribution in [3.05, 3.63) is 53.6 Å². The molecule has 0 aliphatic carbocycles. The summed E-state index contributed by atoms with van der Waals surface area (Å²) in [4.78, 5) is 2.03. The van der Waals surface area contributed by atoms with Gasteiger partial charge in [0.2, 0.25) is 0 Å². The van der Waals surface area contributed by atoms with Crippen LogP contribution in [0.3, 0.4) is 0 Å². The summed E-state index contributed by atoms with van der Waals surface area (Å²) in [5, 5.41) is 24.5. The highest BCUT2D eigenvalue weighted by Gasteiger charge is 2.27. The number of fused-ring (bicyclic) bond motifs is 1. The van der Waals surface area contributed by atoms with Crippen LogP contribution in [-0.2, 0) is 4.74 Å². The van der Waals surface area contributed by atoms with E-state index in [9.17, 15) is 10.2 Å². The molecule has 2 aliphatic heterocycles. The lowest BCUT2D eigenvalue weighted by molar-refractivity contribution is 0.0677. The molecule has 2 heterocycles. The van der Waals surface area contributed by atoms with Crippen LogP contribution in [0.25, 0.3) is 0 Å². The quantitative estimate of drug-likeness (QED) is 0.528. The van der Waals surface area contributed by atoms with Gasteiger partial charge in [-0.05, 0) is 42.0 Å². The number of nitrogens with one attached hydrogen (secondary N) is 1. The number of thiocarbonyl (C=S) groups is 1. The molecule has 7 nitrogen and oxygen atoms in total. The molecular formula is C20H21N3O4S. The van der Waals surface area contributed by atoms with Crippen molar-refractivity contribution in [3.8, 4) is 17.2 Å². The van der Waals surface area contributed by atoms with Gasteiger partial charge in [0.25, 0.3) is 0 Å². The molecule has 2 aromatic rings. The Balaban J connectivity index is 1.59. The van der Waals surface area contributed by atoms with Crippen LogP contribution >= 0.6 is 12.2 Å². The van der Waals surface area contributed by atoms with Crippen molar-refractivity contribution in [3.63, 3.8) is 0 Å². The second-order valence-electron chi connectivity index (χ2n) is 6.66. The number of hydrogen-bond acceptors (Lipinski definition) is 6. The zero-order chi connectivity index (χ0) is 19.5. The maximum absolute atomic E-state index is 9.85. The molecule has 0 saturated carbocycles. The first-order valence-corrected chi connectivity index (χ1v) is 9.49. The Kier molecular flexibility index (Phi) is 5.31. The fourth-order valence-corrected chi connectivity index (χ4v) is 3.49. The fourth-order valence-electron chi connectivity index (χ4n) is 3.26. The molecule has 1 atom stereocenters. The summed E-state index contributed by atoms with van der Waals surface area (Å²) in [6, 6.07) is 11.9. The minimum atomic E-state index is -0.285. The number of phenols is 2. The van der Waals surface area contributed by atoms with E-state index in [0.29, 0.717) is 30.5 Å². The highest BCUT2D eigenvalue weighted by Crippen LogP contribution is 2.37. The van der Waals surface area contributed by atoms with E-state index in [1.165, 1.54) is 0 Å². The molecule has 28 heavy (non-hydrogen) atoms. The van der Waals surface area contributed by atoms with Crippen molar-refractivity contribution in [1.29, 1.82) is 0 Å². The fraction of sp³-hybridized carbons (Fsp3) is 0.300. The molecule has 0 spiro atoms. The number of hydrogen-bond donors (Lipinski definition) is 3. The number of aromatic hydroxyl groups is 2. The van der Waals surface area contributed by atoms with Crippen LogP contribution in [-0.4, -0.2) is 52.2 Å². The summed E-state index contributed by atoms with van der Waals surface area (Å²) in [6.45, 7) is 2.77. The maximum atomic E-state index is 9.85. The zero-order valence-corrected chi connectivity index (χ0v) is 16.0. The van der Waals surface area contributed by atoms with Gasteiger partial charge in [-0.25, -0.2) is 0 Å². The summed E-state index contributed by atoms with van der Waals surface area (Å²) in [5.41, 5.74) is 5.50. The molecule has 4 rings (SSSR count). The van der Waals surface area contributed by atoms with Gasteiger partial charge in [0.05, 0.1) is 18.9 Å². The highest BCUT2D eigenvalue weighted by molar-refractivity contribution is 7.80. The van der Waals surface area contributed by atoms with Crippen LogP contribution in [0.15, 0.2) is 47.6 Å². The molecule has 0 bridgehead atoms. The summed E-state index contributed by atoms with van der Waals surface area (Å²) in [6.07, 6.45) is 0.244. The predicted octanol–water partition coefficient (Wildman–Crippen LogP) is 2.53. The number of nitrogens with zero attached hydrogens (tertiary/aromatic N) is 2. The second-order valence-corrected chi connectivity index (χ2v) is 7.04. The molecule has 146 valence electrons. The van der Waals surface area contributed by atoms with E-state index < -0.39 is 0 Å². The molecule has 1 unspecified atom stereocenters. The first-order chi connectivity index (χ1) is 13.6. The number of hydrazone groups is 1. The third-order valence-corrected chi connectivity index (χ3v) is 5.12. The molecule has 8 heteroatoms. The van der Waals surface area contributed by atoms with Crippen LogP contribution in [0.4, 0.5) is 0 Å². The smallest absolute Gasteiger partial charge is 0.189 e. The largest absolute Gasteiger partial charge is 0.508 e. The van der Waals surface area contributed by atoms with E-state index >= 15 is 0 Å². The molecule has 0 radical (unpaired) electrons. The summed E-state index contributed by atoms with van der Waals surface area (Å²) >= 11 is 5.45. The van der Waals surface area contributed by atoms with Gasteiger partial charge in [0, 0.05) is 31.1 Å². The Morgan fingerprint density at radius 2 is 1.79 bits per heavy atom. The van der Waals surface area contributed by atoms with Crippen LogP contribution in [0.5, 0.6) is 17.2 Å². The van der Waals surface area contributed by atoms with E-state index in [1.54, 1.807) is 30.3 Å². The van der Waals surface area contributed by atoms with Gasteiger partial charge < -0.3 is 24.6 Å². The van der Waals surface area contributed by atoms with Crippen LogP contribution in [0.1, 0.15) is 23.7 Å². The normalized spacial score (nSPS) is 20.4. The summed E-state index contributed by atoms with van der Waals surface area (Å²) in [7, 11) is 0. The molecule has 3 N–H and O–H groups in total. The highest BCUT2D eigenvalue weighted by atomic mass is 32.1. The monoisotopic (exact) mass is 399 g/mol. The molecule has 2 aromatic carbocycles. The topological polar surface area (TPSA) is 86.6 Å². The maximum Gasteiger partial charge on any atom is 0.189 e. The lowest BCUT2D eigenvalue weighted by Gasteiger charge is -2.30. The minimum absolute atomic E-state index is 0.126. The summed E-state index contributed by atoms with van der Waals surface area (Å²) in [5.74, 6) is 0.882. The Bertz CT molecular complexity index is 895. The van der Waals surface area contributed by atoms with Crippen LogP contribution in [0, 0.1) is 0 Å². The van der Waals surface area contributed by atoms with Gasteiger partial charge in [-0.3, -0.25) is 5.43 Å². The van der Waals surface area contributed by atoms with Gasteiger partial charge in [0.15, 0.2) is 5.11 Å². The third kappa shape index (κ3) is 4.02. The van der Waals surface area contributed by atoms with Crippen molar-refractivity contribution >= 4 is 23.0 Å². The Morgan fingerprint density at radius 3 is 2.54 bits per heavy atom. The van der Waals surface area contributed by atoms with E-state index in [1.807, 2.05) is 17.0 Å². The average Bonchev–Trinajstić information content (AvgIpc) is 2.72. The number of ether oxygens (including phenoxy) is 2. The molecule has 1 fully saturated rings. The third-order valence-electron chi connectivity index (χ3n) is 4.77. The van der Waals surface area contributed by atoms with E-state index in [4.69, 9.17) is 21.7 Å². The molecule has 0 amide bonds. The van der Waals surface area contributed by atoms with Crippen LogP contribution < -0.4 is 10.2 Å². The Labute approximate surface area is 168 Å². The van der Waals surface area contributed by atoms with E-state index in [0.717, 1.165) is 29.9 Å². The number of morpholine rings is 1. The van der Waals surface area contributed by atoms with Gasteiger partial charge in [0.1, 0.15) is 23.4 Å². The van der Waals surface area contributed by atoms with Crippen molar-refractivity contribution < 1.29 is 19.7 Å². The number of phenolic OH excluding ortho intramolecular Hbond substituents is 2. The predicted molar refractivity (Wildman–Crippen MR) is 109 cm³/mol. The average molecular weight is 399 g/mol. The molecule has 2 aliphatic rings. The van der Waals surface area contributed by atoms with E-state index in [2.05, 4.69) is 10.5 Å². The first kappa shape index (κ1) is 18.5. The Morgan fingerprint density at radius 1 is 1.07 bits per heavy atom. The molecule has 0 aromatic heterocycles. The molecular weight excluding hydrogens is 378 g/mol. The van der Waals surface area contributed by atoms with Crippen molar-refractivity contribution in [1.82, 2.24) is 10.3 Å². The van der Waals surface area contributed by atoms with Gasteiger partial charge in [-0.2, -0.15) is 5.10 Å². The first-order valence-electron chi connectivity index (χ1n) is 9.08. The lowest BCUT2D eigenvalue weighted by Crippen LogP contribution is -2.44. The second kappa shape index (κ2) is 8.04. The van der Waals surface area contributed by atoms with Gasteiger partial charge >= 0.3 is 0 Å². The number of rotatable bonds is 2. The van der Waals surface area contributed by atoms with Gasteiger partial charge in [-0.1, -0.05) is 12.1 Å². The molecule has 1 saturated heterocycles. The number of benzene rings is 2. The van der Waals surface area contributed by atoms with E-state index in [-0.39, 0.29) is 17.6 Å². The zero-order valence-electron chi connectivity index (χ0n) is 15.2. The van der Waals surface area contributed by atoms with Crippen LogP contribution in [0.2, 0.25) is 0 Å². The summed E-state index contributed by atoms with van der Waals surface area (Å²) < 4.78 is 11.4.